The highest BCUT2D eigenvalue weighted by atomic mass is 35.5. The van der Waals surface area contributed by atoms with Gasteiger partial charge in [-0.1, -0.05) is 0 Å². The molecule has 1 N–H and O–H groups in total. The molecule has 1 saturated heterocycles. The van der Waals surface area contributed by atoms with Crippen molar-refractivity contribution in [3.63, 3.8) is 0 Å². The molecule has 0 spiro atoms. The van der Waals surface area contributed by atoms with Crippen molar-refractivity contribution >= 4 is 12.4 Å². The second-order valence-electron chi connectivity index (χ2n) is 3.11. The lowest BCUT2D eigenvalue weighted by molar-refractivity contribution is 0.119. The lowest BCUT2D eigenvalue weighted by atomic mass is 10.2. The largest absolute Gasteiger partial charge is 0.392 e. The predicted molar refractivity (Wildman–Crippen MR) is 46.2 cm³/mol. The van der Waals surface area contributed by atoms with Gasteiger partial charge in [-0.3, -0.25) is 0 Å². The minimum atomic E-state index is -0.220. The molecule has 0 aliphatic carbocycles. The smallest absolute Gasteiger partial charge is 0.0835 e. The van der Waals surface area contributed by atoms with E-state index >= 15 is 0 Å². The third kappa shape index (κ3) is 5.44. The maximum Gasteiger partial charge on any atom is 0.0835 e. The minimum absolute atomic E-state index is 0. The van der Waals surface area contributed by atoms with Crippen molar-refractivity contribution in [2.45, 2.75) is 18.6 Å². The van der Waals surface area contributed by atoms with Crippen LogP contribution < -0.4 is 0 Å². The highest BCUT2D eigenvalue weighted by Gasteiger charge is 2.25. The van der Waals surface area contributed by atoms with E-state index in [0.717, 1.165) is 19.6 Å². The van der Waals surface area contributed by atoms with Crippen molar-refractivity contribution in [3.05, 3.63) is 0 Å². The molecule has 1 heterocycles. The van der Waals surface area contributed by atoms with Gasteiger partial charge in [0.05, 0.1) is 18.8 Å². The molecule has 3 nitrogen and oxygen atoms in total. The average Bonchev–Trinajstić information content (AvgIpc) is 2.46. The van der Waals surface area contributed by atoms with E-state index in [4.69, 9.17) is 4.74 Å². The van der Waals surface area contributed by atoms with Crippen molar-refractivity contribution in [1.29, 1.82) is 0 Å². The van der Waals surface area contributed by atoms with Crippen LogP contribution in [0, 0.1) is 0 Å². The number of hydrogen-bond acceptors (Lipinski definition) is 3. The highest BCUT2D eigenvalue weighted by molar-refractivity contribution is 5.85. The van der Waals surface area contributed by atoms with Crippen LogP contribution in [-0.2, 0) is 4.74 Å². The second-order valence-corrected chi connectivity index (χ2v) is 3.11. The second kappa shape index (κ2) is 4.93. The molecule has 1 aliphatic heterocycles. The first-order valence-electron chi connectivity index (χ1n) is 3.63. The van der Waals surface area contributed by atoms with Crippen LogP contribution in [0.3, 0.4) is 0 Å². The van der Waals surface area contributed by atoms with E-state index in [1.807, 2.05) is 19.0 Å². The third-order valence-corrected chi connectivity index (χ3v) is 1.51. The number of hydrogen-bond donors (Lipinski definition) is 1. The van der Waals surface area contributed by atoms with Crippen LogP contribution in [0.1, 0.15) is 6.42 Å². The van der Waals surface area contributed by atoms with E-state index in [9.17, 15) is 5.11 Å². The number of likely N-dealkylation sites (N-methyl/N-ethyl adjacent to an activating group) is 1. The molecular weight excluding hydrogens is 166 g/mol. The fraction of sp³-hybridized carbons (Fsp3) is 1.00. The Morgan fingerprint density at radius 2 is 2.18 bits per heavy atom. The molecule has 0 saturated carbocycles. The van der Waals surface area contributed by atoms with Crippen LogP contribution in [0.5, 0.6) is 0 Å². The SMILES string of the molecule is CN(C)CC(O)CC1CO1.Cl. The molecule has 2 atom stereocenters. The standard InChI is InChI=1S/C7H15NO2.ClH/c1-8(2)4-6(9)3-7-5-10-7;/h6-7,9H,3-5H2,1-2H3;1H. The fourth-order valence-corrected chi connectivity index (χ4v) is 1.00. The molecule has 0 aromatic carbocycles. The summed E-state index contributed by atoms with van der Waals surface area (Å²) in [6.07, 6.45) is 0.912. The first-order chi connectivity index (χ1) is 4.68. The molecule has 0 aromatic heterocycles. The van der Waals surface area contributed by atoms with Crippen LogP contribution in [0.2, 0.25) is 0 Å². The van der Waals surface area contributed by atoms with Gasteiger partial charge >= 0.3 is 0 Å². The number of nitrogens with zero attached hydrogens (tertiary/aromatic N) is 1. The average molecular weight is 182 g/mol. The predicted octanol–water partition coefficient (Wildman–Crippen LogP) is 0.120. The summed E-state index contributed by atoms with van der Waals surface area (Å²) < 4.78 is 4.98. The Kier molecular flexibility index (Phi) is 5.01. The number of aliphatic hydroxyl groups is 1. The van der Waals surface area contributed by atoms with Crippen LogP contribution in [0.4, 0.5) is 0 Å². The van der Waals surface area contributed by atoms with Crippen molar-refractivity contribution in [2.75, 3.05) is 27.2 Å². The molecular formula is C7H16ClNO2. The van der Waals surface area contributed by atoms with E-state index in [2.05, 4.69) is 0 Å². The minimum Gasteiger partial charge on any atom is -0.392 e. The lowest BCUT2D eigenvalue weighted by Crippen LogP contribution is -2.26. The molecule has 0 amide bonds. The monoisotopic (exact) mass is 181 g/mol. The number of rotatable bonds is 4. The van der Waals surface area contributed by atoms with Gasteiger partial charge in [0.15, 0.2) is 0 Å². The molecule has 2 unspecified atom stereocenters. The Morgan fingerprint density at radius 3 is 2.55 bits per heavy atom. The van der Waals surface area contributed by atoms with Gasteiger partial charge in [-0.05, 0) is 14.1 Å². The van der Waals surface area contributed by atoms with Crippen molar-refractivity contribution in [3.8, 4) is 0 Å². The maximum atomic E-state index is 9.31. The summed E-state index contributed by atoms with van der Waals surface area (Å²) in [5, 5.41) is 9.31. The third-order valence-electron chi connectivity index (χ3n) is 1.51. The highest BCUT2D eigenvalue weighted by Crippen LogP contribution is 2.15. The Bertz CT molecular complexity index is 103. The number of halogens is 1. The van der Waals surface area contributed by atoms with Gasteiger partial charge in [-0.25, -0.2) is 0 Å². The quantitative estimate of drug-likeness (QED) is 0.626. The molecule has 1 fully saturated rings. The summed E-state index contributed by atoms with van der Waals surface area (Å²) in [6, 6.07) is 0. The zero-order chi connectivity index (χ0) is 7.56. The van der Waals surface area contributed by atoms with Crippen LogP contribution >= 0.6 is 12.4 Å². The summed E-state index contributed by atoms with van der Waals surface area (Å²) >= 11 is 0. The number of epoxide rings is 1. The molecule has 11 heavy (non-hydrogen) atoms. The van der Waals surface area contributed by atoms with Crippen LogP contribution in [0.25, 0.3) is 0 Å². The Morgan fingerprint density at radius 1 is 1.64 bits per heavy atom. The first-order valence-corrected chi connectivity index (χ1v) is 3.63. The first kappa shape index (κ1) is 11.2. The molecule has 68 valence electrons. The molecule has 0 bridgehead atoms. The van der Waals surface area contributed by atoms with Crippen molar-refractivity contribution < 1.29 is 9.84 Å². The van der Waals surface area contributed by atoms with Gasteiger partial charge in [-0.2, -0.15) is 0 Å². The van der Waals surface area contributed by atoms with E-state index < -0.39 is 0 Å². The molecule has 4 heteroatoms. The Balaban J connectivity index is 0.000001000. The van der Waals surface area contributed by atoms with Crippen molar-refractivity contribution in [1.82, 2.24) is 4.90 Å². The van der Waals surface area contributed by atoms with Crippen LogP contribution in [0.15, 0.2) is 0 Å². The van der Waals surface area contributed by atoms with Crippen LogP contribution in [-0.4, -0.2) is 49.5 Å². The summed E-state index contributed by atoms with van der Waals surface area (Å²) in [4.78, 5) is 1.98. The van der Waals surface area contributed by atoms with Gasteiger partial charge in [0.2, 0.25) is 0 Å². The Labute approximate surface area is 73.7 Å². The Hall–Kier alpha value is 0.170. The molecule has 1 aliphatic rings. The van der Waals surface area contributed by atoms with Gasteiger partial charge in [0, 0.05) is 13.0 Å². The normalized spacial score (nSPS) is 24.5. The van der Waals surface area contributed by atoms with Crippen molar-refractivity contribution in [2.24, 2.45) is 0 Å². The van der Waals surface area contributed by atoms with Gasteiger partial charge < -0.3 is 14.7 Å². The van der Waals surface area contributed by atoms with E-state index in [1.54, 1.807) is 0 Å². The van der Waals surface area contributed by atoms with E-state index in [-0.39, 0.29) is 18.5 Å². The topological polar surface area (TPSA) is 36.0 Å². The summed E-state index contributed by atoms with van der Waals surface area (Å²) in [6.45, 7) is 1.57. The summed E-state index contributed by atoms with van der Waals surface area (Å²) in [5.41, 5.74) is 0. The molecule has 1 rings (SSSR count). The van der Waals surface area contributed by atoms with Gasteiger partial charge in [-0.15, -0.1) is 12.4 Å². The maximum absolute atomic E-state index is 9.31. The zero-order valence-electron chi connectivity index (χ0n) is 6.99. The number of aliphatic hydroxyl groups excluding tert-OH is 1. The van der Waals surface area contributed by atoms with E-state index in [0.29, 0.717) is 6.10 Å². The van der Waals surface area contributed by atoms with Gasteiger partial charge in [0.25, 0.3) is 0 Å². The molecule has 0 aromatic rings. The molecule has 0 radical (unpaired) electrons. The summed E-state index contributed by atoms with van der Waals surface area (Å²) in [7, 11) is 3.91. The fourth-order valence-electron chi connectivity index (χ4n) is 1.00. The lowest BCUT2D eigenvalue weighted by Gasteiger charge is -2.14. The zero-order valence-corrected chi connectivity index (χ0v) is 7.80. The summed E-state index contributed by atoms with van der Waals surface area (Å²) in [5.74, 6) is 0. The number of ether oxygens (including phenoxy) is 1. The van der Waals surface area contributed by atoms with E-state index in [1.165, 1.54) is 0 Å². The van der Waals surface area contributed by atoms with Gasteiger partial charge in [0.1, 0.15) is 0 Å².